The molecular weight excluding hydrogens is 522 g/mol. The quantitative estimate of drug-likeness (QED) is 0.244. The van der Waals surface area contributed by atoms with Gasteiger partial charge in [0.15, 0.2) is 0 Å². The van der Waals surface area contributed by atoms with Crippen molar-refractivity contribution in [3.05, 3.63) is 124 Å². The van der Waals surface area contributed by atoms with Gasteiger partial charge < -0.3 is 10.6 Å². The molecule has 0 bridgehead atoms. The number of carbonyl (C=O) groups excluding carboxylic acids is 2. The average molecular weight is 548 g/mol. The van der Waals surface area contributed by atoms with Gasteiger partial charge in [0.25, 0.3) is 21.8 Å². The van der Waals surface area contributed by atoms with Crippen LogP contribution in [0.15, 0.2) is 102 Å². The highest BCUT2D eigenvalue weighted by Crippen LogP contribution is 2.27. The van der Waals surface area contributed by atoms with Crippen molar-refractivity contribution in [3.8, 4) is 0 Å². The van der Waals surface area contributed by atoms with Crippen molar-refractivity contribution in [2.75, 3.05) is 10.0 Å². The van der Waals surface area contributed by atoms with Crippen molar-refractivity contribution in [2.45, 2.75) is 24.8 Å². The van der Waals surface area contributed by atoms with Crippen LogP contribution in [0.5, 0.6) is 0 Å². The van der Waals surface area contributed by atoms with Gasteiger partial charge in [-0.2, -0.15) is 0 Å². The Hall–Kier alpha value is -4.14. The predicted octanol–water partition coefficient (Wildman–Crippen LogP) is 6.19. The lowest BCUT2D eigenvalue weighted by Crippen LogP contribution is -2.28. The number of hydrogen-bond acceptors (Lipinski definition) is 4. The molecule has 0 aliphatic rings. The largest absolute Gasteiger partial charge is 0.345 e. The molecule has 0 aliphatic carbocycles. The fourth-order valence-electron chi connectivity index (χ4n) is 3.74. The molecule has 0 saturated heterocycles. The Morgan fingerprint density at radius 3 is 2.13 bits per heavy atom. The minimum absolute atomic E-state index is 0.0519. The van der Waals surface area contributed by atoms with Crippen LogP contribution in [-0.4, -0.2) is 20.2 Å². The molecule has 7 nitrogen and oxygen atoms in total. The summed E-state index contributed by atoms with van der Waals surface area (Å²) in [5.74, 6) is -0.840. The molecule has 0 spiro atoms. The number of aryl methyl sites for hydroxylation is 1. The highest BCUT2D eigenvalue weighted by atomic mass is 35.5. The summed E-state index contributed by atoms with van der Waals surface area (Å²) in [5.41, 5.74) is 2.85. The van der Waals surface area contributed by atoms with Crippen LogP contribution in [0, 0.1) is 6.92 Å². The zero-order valence-corrected chi connectivity index (χ0v) is 22.3. The van der Waals surface area contributed by atoms with E-state index in [1.165, 1.54) is 30.3 Å². The van der Waals surface area contributed by atoms with E-state index in [0.717, 1.165) is 11.1 Å². The summed E-state index contributed by atoms with van der Waals surface area (Å²) < 4.78 is 27.9. The molecule has 0 heterocycles. The van der Waals surface area contributed by atoms with Gasteiger partial charge in [-0.3, -0.25) is 14.3 Å². The molecule has 2 amide bonds. The maximum Gasteiger partial charge on any atom is 0.261 e. The molecule has 0 aliphatic heterocycles. The van der Waals surface area contributed by atoms with Gasteiger partial charge in [0, 0.05) is 5.56 Å². The van der Waals surface area contributed by atoms with Crippen molar-refractivity contribution in [3.63, 3.8) is 0 Å². The van der Waals surface area contributed by atoms with Crippen molar-refractivity contribution < 1.29 is 18.0 Å². The van der Waals surface area contributed by atoms with Crippen LogP contribution in [0.4, 0.5) is 11.4 Å². The van der Waals surface area contributed by atoms with E-state index in [1.54, 1.807) is 36.4 Å². The Morgan fingerprint density at radius 2 is 1.45 bits per heavy atom. The van der Waals surface area contributed by atoms with E-state index >= 15 is 0 Å². The molecule has 0 saturated carbocycles. The molecule has 9 heteroatoms. The maximum absolute atomic E-state index is 13.0. The van der Waals surface area contributed by atoms with Gasteiger partial charge in [-0.25, -0.2) is 8.42 Å². The highest BCUT2D eigenvalue weighted by Gasteiger charge is 2.19. The number of carbonyl (C=O) groups is 2. The summed E-state index contributed by atoms with van der Waals surface area (Å²) >= 11 is 6.32. The van der Waals surface area contributed by atoms with Crippen LogP contribution in [0.2, 0.25) is 5.02 Å². The van der Waals surface area contributed by atoms with Crippen LogP contribution < -0.4 is 15.4 Å². The number of sulfonamides is 1. The van der Waals surface area contributed by atoms with Gasteiger partial charge in [-0.1, -0.05) is 71.8 Å². The summed E-state index contributed by atoms with van der Waals surface area (Å²) in [6.07, 6.45) is 0. The molecule has 4 aromatic rings. The van der Waals surface area contributed by atoms with Crippen LogP contribution in [-0.2, 0) is 10.0 Å². The molecule has 1 atom stereocenters. The molecule has 0 fully saturated rings. The number of para-hydroxylation sites is 1. The Balaban J connectivity index is 1.48. The number of benzene rings is 4. The van der Waals surface area contributed by atoms with E-state index in [2.05, 4.69) is 15.4 Å². The predicted molar refractivity (Wildman–Crippen MR) is 150 cm³/mol. The first kappa shape index (κ1) is 26.9. The van der Waals surface area contributed by atoms with Gasteiger partial charge in [-0.05, 0) is 61.9 Å². The average Bonchev–Trinajstić information content (AvgIpc) is 2.90. The summed E-state index contributed by atoms with van der Waals surface area (Å²) in [4.78, 5) is 26.1. The first-order valence-electron chi connectivity index (χ1n) is 11.8. The second kappa shape index (κ2) is 11.5. The zero-order valence-electron chi connectivity index (χ0n) is 20.7. The summed E-state index contributed by atoms with van der Waals surface area (Å²) in [5, 5.41) is 5.75. The van der Waals surface area contributed by atoms with Gasteiger partial charge in [0.05, 0.1) is 32.9 Å². The van der Waals surface area contributed by atoms with Crippen molar-refractivity contribution >= 4 is 44.8 Å². The number of rotatable bonds is 8. The lowest BCUT2D eigenvalue weighted by atomic mass is 10.1. The fourth-order valence-corrected chi connectivity index (χ4v) is 5.11. The van der Waals surface area contributed by atoms with Crippen LogP contribution in [0.25, 0.3) is 0 Å². The summed E-state index contributed by atoms with van der Waals surface area (Å²) in [6, 6.07) is 26.6. The summed E-state index contributed by atoms with van der Waals surface area (Å²) in [7, 11) is -3.86. The molecule has 4 rings (SSSR count). The molecule has 4 aromatic carbocycles. The lowest BCUT2D eigenvalue weighted by molar-refractivity contribution is 0.0940. The van der Waals surface area contributed by atoms with E-state index in [9.17, 15) is 18.0 Å². The van der Waals surface area contributed by atoms with Crippen molar-refractivity contribution in [1.82, 2.24) is 5.32 Å². The van der Waals surface area contributed by atoms with E-state index in [1.807, 2.05) is 44.2 Å². The Bertz CT molecular complexity index is 1570. The number of anilines is 2. The lowest BCUT2D eigenvalue weighted by Gasteiger charge is -2.16. The Labute approximate surface area is 226 Å². The van der Waals surface area contributed by atoms with Gasteiger partial charge in [-0.15, -0.1) is 0 Å². The Morgan fingerprint density at radius 1 is 0.789 bits per heavy atom. The van der Waals surface area contributed by atoms with Crippen molar-refractivity contribution in [2.24, 2.45) is 0 Å². The smallest absolute Gasteiger partial charge is 0.261 e. The monoisotopic (exact) mass is 547 g/mol. The molecule has 0 unspecified atom stereocenters. The van der Waals surface area contributed by atoms with Crippen LogP contribution in [0.1, 0.15) is 44.8 Å². The Kier molecular flexibility index (Phi) is 8.14. The molecule has 0 radical (unpaired) electrons. The number of nitrogens with one attached hydrogen (secondary N) is 3. The number of amides is 2. The van der Waals surface area contributed by atoms with Gasteiger partial charge in [0.2, 0.25) is 0 Å². The topological polar surface area (TPSA) is 104 Å². The third-order valence-electron chi connectivity index (χ3n) is 5.87. The van der Waals surface area contributed by atoms with E-state index < -0.39 is 15.9 Å². The van der Waals surface area contributed by atoms with Crippen LogP contribution in [0.3, 0.4) is 0 Å². The van der Waals surface area contributed by atoms with Gasteiger partial charge >= 0.3 is 0 Å². The number of hydrogen-bond donors (Lipinski definition) is 3. The number of halogens is 1. The van der Waals surface area contributed by atoms with E-state index in [4.69, 9.17) is 11.6 Å². The normalized spacial score (nSPS) is 11.9. The highest BCUT2D eigenvalue weighted by molar-refractivity contribution is 7.92. The minimum atomic E-state index is -3.86. The molecule has 3 N–H and O–H groups in total. The second-order valence-electron chi connectivity index (χ2n) is 8.72. The molecule has 0 aromatic heterocycles. The SMILES string of the molecule is Cc1ccc(S(=O)(=O)Nc2ccc(C(=O)Nc3ccccc3C(=O)N[C@H](C)c3ccccc3)cc2Cl)cc1. The van der Waals surface area contributed by atoms with Gasteiger partial charge in [0.1, 0.15) is 0 Å². The third kappa shape index (κ3) is 6.40. The van der Waals surface area contributed by atoms with Crippen LogP contribution >= 0.6 is 11.6 Å². The third-order valence-corrected chi connectivity index (χ3v) is 7.57. The zero-order chi connectivity index (χ0) is 27.3. The van der Waals surface area contributed by atoms with E-state index in [-0.39, 0.29) is 33.1 Å². The molecule has 194 valence electrons. The van der Waals surface area contributed by atoms with Crippen molar-refractivity contribution in [1.29, 1.82) is 0 Å². The summed E-state index contributed by atoms with van der Waals surface area (Å²) in [6.45, 7) is 3.74. The van der Waals surface area contributed by atoms with E-state index in [0.29, 0.717) is 11.3 Å². The first-order chi connectivity index (χ1) is 18.1. The minimum Gasteiger partial charge on any atom is -0.345 e. The second-order valence-corrected chi connectivity index (χ2v) is 10.8. The standard InChI is InChI=1S/C29H26ClN3O4S/c1-19-12-15-23(16-13-19)38(36,37)33-27-17-14-22(18-25(27)30)28(34)32-26-11-7-6-10-24(26)29(35)31-20(2)21-8-4-3-5-9-21/h3-18,20,33H,1-2H3,(H,31,35)(H,32,34)/t20-/m1/s1. The fraction of sp³-hybridized carbons (Fsp3) is 0.103. The molecular formula is C29H26ClN3O4S. The molecule has 38 heavy (non-hydrogen) atoms. The first-order valence-corrected chi connectivity index (χ1v) is 13.7. The maximum atomic E-state index is 13.0.